The van der Waals surface area contributed by atoms with E-state index in [1.165, 1.54) is 0 Å². The molecule has 21 heavy (non-hydrogen) atoms. The van der Waals surface area contributed by atoms with Gasteiger partial charge in [-0.3, -0.25) is 9.89 Å². The number of benzene rings is 1. The molecule has 2 N–H and O–H groups in total. The normalized spacial score (nSPS) is 12.5. The number of amides is 1. The zero-order valence-corrected chi connectivity index (χ0v) is 13.2. The predicted octanol–water partition coefficient (Wildman–Crippen LogP) is 3.72. The van der Waals surface area contributed by atoms with Crippen LogP contribution in [-0.2, 0) is 0 Å². The first-order valence-corrected chi connectivity index (χ1v) is 7.33. The number of hydrogen-bond acceptors (Lipinski definition) is 3. The van der Waals surface area contributed by atoms with Crippen LogP contribution in [-0.4, -0.2) is 16.1 Å². The summed E-state index contributed by atoms with van der Waals surface area (Å²) in [7, 11) is 0. The highest BCUT2D eigenvalue weighted by Crippen LogP contribution is 2.28. The van der Waals surface area contributed by atoms with Gasteiger partial charge in [0.25, 0.3) is 5.91 Å². The molecule has 0 fully saturated rings. The van der Waals surface area contributed by atoms with Gasteiger partial charge in [0.15, 0.2) is 5.76 Å². The molecule has 0 spiro atoms. The van der Waals surface area contributed by atoms with E-state index in [0.29, 0.717) is 11.3 Å². The Morgan fingerprint density at radius 3 is 3.00 bits per heavy atom. The second kappa shape index (κ2) is 5.37. The summed E-state index contributed by atoms with van der Waals surface area (Å²) in [6, 6.07) is 5.55. The summed E-state index contributed by atoms with van der Waals surface area (Å²) >= 11 is 3.43. The molecule has 2 heterocycles. The Morgan fingerprint density at radius 1 is 1.48 bits per heavy atom. The summed E-state index contributed by atoms with van der Waals surface area (Å²) in [4.78, 5) is 12.4. The van der Waals surface area contributed by atoms with Crippen LogP contribution in [0, 0.1) is 6.92 Å². The van der Waals surface area contributed by atoms with Crippen molar-refractivity contribution in [2.75, 3.05) is 0 Å². The third-order valence-corrected chi connectivity index (χ3v) is 3.96. The van der Waals surface area contributed by atoms with Crippen molar-refractivity contribution in [3.63, 3.8) is 0 Å². The number of hydrogen-bond donors (Lipinski definition) is 2. The second-order valence-electron chi connectivity index (χ2n) is 4.92. The molecule has 1 unspecified atom stereocenters. The van der Waals surface area contributed by atoms with E-state index in [0.717, 1.165) is 21.0 Å². The maximum atomic E-state index is 12.4. The SMILES string of the molecule is Cc1c(C(=O)NC(C)c2cn[nH]c2)oc2ccc(Br)cc12. The Bertz CT molecular complexity index is 793. The lowest BCUT2D eigenvalue weighted by Gasteiger charge is -2.10. The second-order valence-corrected chi connectivity index (χ2v) is 5.84. The summed E-state index contributed by atoms with van der Waals surface area (Å²) in [5, 5.41) is 10.5. The molecule has 0 aliphatic carbocycles. The molecule has 3 rings (SSSR count). The first-order valence-electron chi connectivity index (χ1n) is 6.54. The molecule has 0 saturated carbocycles. The zero-order chi connectivity index (χ0) is 15.0. The van der Waals surface area contributed by atoms with Crippen molar-refractivity contribution in [2.45, 2.75) is 19.9 Å². The van der Waals surface area contributed by atoms with E-state index < -0.39 is 0 Å². The molecule has 3 aromatic rings. The van der Waals surface area contributed by atoms with Gasteiger partial charge in [-0.25, -0.2) is 0 Å². The van der Waals surface area contributed by atoms with Crippen molar-refractivity contribution < 1.29 is 9.21 Å². The molecule has 0 bridgehead atoms. The minimum Gasteiger partial charge on any atom is -0.451 e. The van der Waals surface area contributed by atoms with Crippen molar-refractivity contribution in [3.05, 3.63) is 52.0 Å². The molecule has 1 atom stereocenters. The van der Waals surface area contributed by atoms with Crippen LogP contribution < -0.4 is 5.32 Å². The van der Waals surface area contributed by atoms with Crippen LogP contribution in [0.25, 0.3) is 11.0 Å². The van der Waals surface area contributed by atoms with Gasteiger partial charge >= 0.3 is 0 Å². The van der Waals surface area contributed by atoms with Gasteiger partial charge in [-0.2, -0.15) is 5.10 Å². The quantitative estimate of drug-likeness (QED) is 0.758. The zero-order valence-electron chi connectivity index (χ0n) is 11.6. The van der Waals surface area contributed by atoms with E-state index in [4.69, 9.17) is 4.42 Å². The molecular formula is C15H14BrN3O2. The molecule has 0 aliphatic heterocycles. The van der Waals surface area contributed by atoms with Crippen molar-refractivity contribution in [3.8, 4) is 0 Å². The van der Waals surface area contributed by atoms with Gasteiger partial charge in [0.2, 0.25) is 0 Å². The number of furan rings is 1. The fraction of sp³-hybridized carbons (Fsp3) is 0.200. The van der Waals surface area contributed by atoms with Crippen LogP contribution in [0.3, 0.4) is 0 Å². The van der Waals surface area contributed by atoms with Crippen LogP contribution >= 0.6 is 15.9 Å². The fourth-order valence-electron chi connectivity index (χ4n) is 2.25. The number of nitrogens with one attached hydrogen (secondary N) is 2. The van der Waals surface area contributed by atoms with Gasteiger partial charge in [-0.15, -0.1) is 0 Å². The third-order valence-electron chi connectivity index (χ3n) is 3.47. The molecule has 1 amide bonds. The van der Waals surface area contributed by atoms with Crippen molar-refractivity contribution >= 4 is 32.8 Å². The average molecular weight is 348 g/mol. The summed E-state index contributed by atoms with van der Waals surface area (Å²) < 4.78 is 6.63. The Kier molecular flexibility index (Phi) is 3.55. The van der Waals surface area contributed by atoms with E-state index in [1.807, 2.05) is 32.0 Å². The first kappa shape index (κ1) is 13.9. The molecule has 0 radical (unpaired) electrons. The van der Waals surface area contributed by atoms with Gasteiger partial charge < -0.3 is 9.73 Å². The van der Waals surface area contributed by atoms with Gasteiger partial charge in [0.1, 0.15) is 5.58 Å². The topological polar surface area (TPSA) is 70.9 Å². The summed E-state index contributed by atoms with van der Waals surface area (Å²) in [6.07, 6.45) is 3.45. The van der Waals surface area contributed by atoms with Gasteiger partial charge in [0.05, 0.1) is 12.2 Å². The summed E-state index contributed by atoms with van der Waals surface area (Å²) in [6.45, 7) is 3.78. The molecule has 0 aliphatic rings. The molecule has 2 aromatic heterocycles. The Balaban J connectivity index is 1.89. The maximum absolute atomic E-state index is 12.4. The minimum atomic E-state index is -0.228. The average Bonchev–Trinajstić information content (AvgIpc) is 3.08. The summed E-state index contributed by atoms with van der Waals surface area (Å²) in [5.74, 6) is 0.118. The van der Waals surface area contributed by atoms with Crippen LogP contribution in [0.5, 0.6) is 0 Å². The lowest BCUT2D eigenvalue weighted by atomic mass is 10.1. The molecule has 6 heteroatoms. The number of carbonyl (C=O) groups excluding carboxylic acids is 1. The maximum Gasteiger partial charge on any atom is 0.287 e. The smallest absolute Gasteiger partial charge is 0.287 e. The van der Waals surface area contributed by atoms with Crippen LogP contribution in [0.1, 0.15) is 34.6 Å². The number of aromatic amines is 1. The van der Waals surface area contributed by atoms with Gasteiger partial charge in [-0.05, 0) is 32.0 Å². The van der Waals surface area contributed by atoms with Crippen LogP contribution in [0.2, 0.25) is 0 Å². The highest BCUT2D eigenvalue weighted by Gasteiger charge is 2.20. The molecule has 108 valence electrons. The standard InChI is InChI=1S/C15H14BrN3O2/c1-8-12-5-11(16)3-4-13(12)21-14(8)15(20)19-9(2)10-6-17-18-7-10/h3-7,9H,1-2H3,(H,17,18)(H,19,20). The number of halogens is 1. The third kappa shape index (κ3) is 2.58. The van der Waals surface area contributed by atoms with E-state index in [2.05, 4.69) is 31.4 Å². The highest BCUT2D eigenvalue weighted by atomic mass is 79.9. The van der Waals surface area contributed by atoms with Crippen LogP contribution in [0.15, 0.2) is 39.5 Å². The van der Waals surface area contributed by atoms with E-state index in [-0.39, 0.29) is 11.9 Å². The van der Waals surface area contributed by atoms with Crippen molar-refractivity contribution in [1.29, 1.82) is 0 Å². The number of H-pyrrole nitrogens is 1. The van der Waals surface area contributed by atoms with Gasteiger partial charge in [-0.1, -0.05) is 15.9 Å². The molecule has 5 nitrogen and oxygen atoms in total. The Morgan fingerprint density at radius 2 is 2.29 bits per heavy atom. The number of rotatable bonds is 3. The lowest BCUT2D eigenvalue weighted by Crippen LogP contribution is -2.26. The highest BCUT2D eigenvalue weighted by molar-refractivity contribution is 9.10. The number of aromatic nitrogens is 2. The van der Waals surface area contributed by atoms with Crippen LogP contribution in [0.4, 0.5) is 0 Å². The first-order chi connectivity index (χ1) is 10.1. The number of aryl methyl sites for hydroxylation is 1. The number of carbonyl (C=O) groups is 1. The predicted molar refractivity (Wildman–Crippen MR) is 83.1 cm³/mol. The Hall–Kier alpha value is -2.08. The largest absolute Gasteiger partial charge is 0.451 e. The van der Waals surface area contributed by atoms with Crippen molar-refractivity contribution in [2.24, 2.45) is 0 Å². The van der Waals surface area contributed by atoms with Gasteiger partial charge in [0, 0.05) is 27.2 Å². The molecular weight excluding hydrogens is 334 g/mol. The van der Waals surface area contributed by atoms with E-state index in [1.54, 1.807) is 12.4 Å². The van der Waals surface area contributed by atoms with E-state index >= 15 is 0 Å². The fourth-order valence-corrected chi connectivity index (χ4v) is 2.61. The Labute approximate surface area is 129 Å². The summed E-state index contributed by atoms with van der Waals surface area (Å²) in [5.41, 5.74) is 2.46. The molecule has 0 saturated heterocycles. The van der Waals surface area contributed by atoms with E-state index in [9.17, 15) is 4.79 Å². The monoisotopic (exact) mass is 347 g/mol. The lowest BCUT2D eigenvalue weighted by molar-refractivity contribution is 0.0913. The number of nitrogens with zero attached hydrogens (tertiary/aromatic N) is 1. The molecule has 1 aromatic carbocycles. The number of fused-ring (bicyclic) bond motifs is 1. The minimum absolute atomic E-state index is 0.143. The van der Waals surface area contributed by atoms with Crippen molar-refractivity contribution in [1.82, 2.24) is 15.5 Å².